The van der Waals surface area contributed by atoms with Crippen molar-refractivity contribution in [2.75, 3.05) is 13.3 Å². The molecule has 1 atom stereocenters. The molecule has 0 aromatic heterocycles. The lowest BCUT2D eigenvalue weighted by Crippen LogP contribution is -2.00. The summed E-state index contributed by atoms with van der Waals surface area (Å²) >= 11 is 0. The third kappa shape index (κ3) is 4.11. The van der Waals surface area contributed by atoms with Crippen LogP contribution >= 0.6 is 7.14 Å². The molecule has 0 aliphatic carbocycles. The fraction of sp³-hybridized carbons (Fsp3) is 1.00. The minimum atomic E-state index is -1.79. The van der Waals surface area contributed by atoms with Gasteiger partial charge in [0, 0.05) is 5.66 Å². The Morgan fingerprint density at radius 2 is 1.90 bits per heavy atom. The monoisotopic (exact) mass is 162 g/mol. The summed E-state index contributed by atoms with van der Waals surface area (Å²) in [6.07, 6.45) is 3.55. The van der Waals surface area contributed by atoms with E-state index < -0.39 is 7.14 Å². The van der Waals surface area contributed by atoms with E-state index in [1.165, 1.54) is 12.8 Å². The average molecular weight is 162 g/mol. The first-order valence-corrected chi connectivity index (χ1v) is 6.70. The third-order valence-electron chi connectivity index (χ3n) is 2.04. The van der Waals surface area contributed by atoms with Crippen molar-refractivity contribution in [2.45, 2.75) is 38.8 Å². The van der Waals surface area contributed by atoms with E-state index in [4.69, 9.17) is 0 Å². The minimum absolute atomic E-state index is 0.424. The molecule has 1 nitrogen and oxygen atoms in total. The molecule has 0 spiro atoms. The zero-order valence-corrected chi connectivity index (χ0v) is 8.45. The highest BCUT2D eigenvalue weighted by Crippen LogP contribution is 2.44. The Balaban J connectivity index is 3.63. The van der Waals surface area contributed by atoms with Gasteiger partial charge in [0.05, 0.1) is 7.14 Å². The molecule has 0 heterocycles. The molecule has 62 valence electrons. The maximum absolute atomic E-state index is 11.4. The van der Waals surface area contributed by atoms with Crippen LogP contribution in [0.15, 0.2) is 0 Å². The Bertz CT molecular complexity index is 125. The zero-order chi connectivity index (χ0) is 8.20. The Labute approximate surface area is 64.6 Å². The molecule has 0 N–H and O–H groups in total. The van der Waals surface area contributed by atoms with Crippen molar-refractivity contribution < 1.29 is 4.57 Å². The van der Waals surface area contributed by atoms with Crippen LogP contribution in [0.2, 0.25) is 0 Å². The molecule has 0 radical (unpaired) electrons. The molecule has 0 aromatic rings. The number of unbranched alkanes of at least 4 members (excludes halogenated alkanes) is 1. The molecule has 0 amide bonds. The van der Waals surface area contributed by atoms with E-state index in [0.29, 0.717) is 5.66 Å². The summed E-state index contributed by atoms with van der Waals surface area (Å²) in [4.78, 5) is 0. The van der Waals surface area contributed by atoms with Gasteiger partial charge in [-0.1, -0.05) is 26.7 Å². The SMILES string of the molecule is CCCCC(C)P(C)(C)=O. The lowest BCUT2D eigenvalue weighted by Gasteiger charge is -2.15. The van der Waals surface area contributed by atoms with Gasteiger partial charge in [-0.05, 0) is 19.8 Å². The summed E-state index contributed by atoms with van der Waals surface area (Å²) in [7, 11) is -1.79. The van der Waals surface area contributed by atoms with Gasteiger partial charge in [-0.2, -0.15) is 0 Å². The first-order valence-electron chi connectivity index (χ1n) is 4.03. The van der Waals surface area contributed by atoms with Crippen LogP contribution < -0.4 is 0 Å². The molecule has 0 rings (SSSR count). The Hall–Kier alpha value is 0.230. The van der Waals surface area contributed by atoms with Crippen molar-refractivity contribution in [1.29, 1.82) is 0 Å². The highest BCUT2D eigenvalue weighted by Gasteiger charge is 2.16. The second-order valence-electron chi connectivity index (χ2n) is 3.43. The molecule has 0 saturated carbocycles. The highest BCUT2D eigenvalue weighted by atomic mass is 31.2. The van der Waals surface area contributed by atoms with Crippen LogP contribution in [0.5, 0.6) is 0 Å². The van der Waals surface area contributed by atoms with Gasteiger partial charge >= 0.3 is 0 Å². The van der Waals surface area contributed by atoms with E-state index in [9.17, 15) is 4.57 Å². The van der Waals surface area contributed by atoms with Gasteiger partial charge in [0.2, 0.25) is 0 Å². The predicted molar refractivity (Wildman–Crippen MR) is 48.4 cm³/mol. The number of hydrogen-bond donors (Lipinski definition) is 0. The number of hydrogen-bond acceptors (Lipinski definition) is 1. The normalized spacial score (nSPS) is 15.2. The highest BCUT2D eigenvalue weighted by molar-refractivity contribution is 7.63. The second-order valence-corrected chi connectivity index (χ2v) is 7.18. The predicted octanol–water partition coefficient (Wildman–Crippen LogP) is 3.19. The lowest BCUT2D eigenvalue weighted by molar-refractivity contribution is 0.566. The van der Waals surface area contributed by atoms with Crippen LogP contribution in [-0.4, -0.2) is 19.0 Å². The third-order valence-corrected chi connectivity index (χ3v) is 4.42. The van der Waals surface area contributed by atoms with Crippen molar-refractivity contribution >= 4 is 7.14 Å². The molecule has 0 fully saturated rings. The minimum Gasteiger partial charge on any atom is -0.324 e. The van der Waals surface area contributed by atoms with Crippen LogP contribution in [-0.2, 0) is 4.57 Å². The molecular weight excluding hydrogens is 143 g/mol. The molecule has 0 saturated heterocycles. The van der Waals surface area contributed by atoms with E-state index in [2.05, 4.69) is 13.8 Å². The van der Waals surface area contributed by atoms with Crippen molar-refractivity contribution in [3.8, 4) is 0 Å². The van der Waals surface area contributed by atoms with Crippen molar-refractivity contribution in [1.82, 2.24) is 0 Å². The fourth-order valence-electron chi connectivity index (χ4n) is 0.810. The summed E-state index contributed by atoms with van der Waals surface area (Å²) in [5.74, 6) is 0. The van der Waals surface area contributed by atoms with E-state index >= 15 is 0 Å². The van der Waals surface area contributed by atoms with Crippen LogP contribution in [0.3, 0.4) is 0 Å². The van der Waals surface area contributed by atoms with E-state index in [1.54, 1.807) is 0 Å². The van der Waals surface area contributed by atoms with E-state index in [-0.39, 0.29) is 0 Å². The van der Waals surface area contributed by atoms with Gasteiger partial charge in [-0.15, -0.1) is 0 Å². The molecule has 0 bridgehead atoms. The van der Waals surface area contributed by atoms with Crippen molar-refractivity contribution in [3.05, 3.63) is 0 Å². The summed E-state index contributed by atoms with van der Waals surface area (Å²) in [5.41, 5.74) is 0.424. The van der Waals surface area contributed by atoms with Crippen molar-refractivity contribution in [2.24, 2.45) is 0 Å². The van der Waals surface area contributed by atoms with Gasteiger partial charge in [-0.25, -0.2) is 0 Å². The Kier molecular flexibility index (Phi) is 4.28. The molecule has 1 unspecified atom stereocenters. The average Bonchev–Trinajstić information content (AvgIpc) is 1.80. The first-order chi connectivity index (χ1) is 4.48. The van der Waals surface area contributed by atoms with Gasteiger partial charge in [0.1, 0.15) is 0 Å². The Morgan fingerprint density at radius 3 is 2.20 bits per heavy atom. The van der Waals surface area contributed by atoms with Gasteiger partial charge in [-0.3, -0.25) is 0 Å². The maximum atomic E-state index is 11.4. The van der Waals surface area contributed by atoms with Crippen LogP contribution in [0.1, 0.15) is 33.1 Å². The summed E-state index contributed by atoms with van der Waals surface area (Å²) in [6, 6.07) is 0. The quantitative estimate of drug-likeness (QED) is 0.580. The molecule has 10 heavy (non-hydrogen) atoms. The van der Waals surface area contributed by atoms with Gasteiger partial charge < -0.3 is 4.57 Å². The largest absolute Gasteiger partial charge is 0.324 e. The van der Waals surface area contributed by atoms with Crippen molar-refractivity contribution in [3.63, 3.8) is 0 Å². The molecule has 0 aromatic carbocycles. The second kappa shape index (κ2) is 4.18. The standard InChI is InChI=1S/C8H19OP/c1-5-6-7-8(2)10(3,4)9/h8H,5-7H2,1-4H3. The Morgan fingerprint density at radius 1 is 1.40 bits per heavy atom. The van der Waals surface area contributed by atoms with Gasteiger partial charge in [0.15, 0.2) is 0 Å². The summed E-state index contributed by atoms with van der Waals surface area (Å²) in [6.45, 7) is 8.03. The molecule has 0 aliphatic heterocycles. The van der Waals surface area contributed by atoms with Gasteiger partial charge in [0.25, 0.3) is 0 Å². The van der Waals surface area contributed by atoms with E-state index in [1.807, 2.05) is 13.3 Å². The van der Waals surface area contributed by atoms with Crippen LogP contribution in [0.25, 0.3) is 0 Å². The zero-order valence-electron chi connectivity index (χ0n) is 7.55. The van der Waals surface area contributed by atoms with Crippen LogP contribution in [0, 0.1) is 0 Å². The summed E-state index contributed by atoms with van der Waals surface area (Å²) in [5, 5.41) is 0. The topological polar surface area (TPSA) is 17.1 Å². The molecular formula is C8H19OP. The van der Waals surface area contributed by atoms with E-state index in [0.717, 1.165) is 6.42 Å². The summed E-state index contributed by atoms with van der Waals surface area (Å²) < 4.78 is 11.4. The number of rotatable bonds is 4. The van der Waals surface area contributed by atoms with Crippen LogP contribution in [0.4, 0.5) is 0 Å². The first kappa shape index (κ1) is 10.2. The maximum Gasteiger partial charge on any atom is 0.0845 e. The lowest BCUT2D eigenvalue weighted by atomic mass is 10.2. The fourth-order valence-corrected chi connectivity index (χ4v) is 1.61. The molecule has 0 aliphatic rings. The smallest absolute Gasteiger partial charge is 0.0845 e. The molecule has 2 heteroatoms.